The number of aliphatic imine (C=N–C) groups is 1. The fraction of sp³-hybridized carbons (Fsp3) is 0.650. The number of guanidine groups is 1. The van der Waals surface area contributed by atoms with Gasteiger partial charge in [0, 0.05) is 13.1 Å². The van der Waals surface area contributed by atoms with Gasteiger partial charge in [0.15, 0.2) is 5.96 Å². The van der Waals surface area contributed by atoms with E-state index in [1.54, 1.807) is 0 Å². The van der Waals surface area contributed by atoms with Gasteiger partial charge in [-0.2, -0.15) is 0 Å². The minimum Gasteiger partial charge on any atom is -0.357 e. The lowest BCUT2D eigenvalue weighted by Gasteiger charge is -2.12. The fourth-order valence-corrected chi connectivity index (χ4v) is 2.58. The second kappa shape index (κ2) is 15.4. The van der Waals surface area contributed by atoms with Crippen LogP contribution in [0.25, 0.3) is 0 Å². The number of benzene rings is 1. The minimum atomic E-state index is 0. The van der Waals surface area contributed by atoms with Gasteiger partial charge < -0.3 is 15.5 Å². The molecule has 1 rings (SSSR count). The summed E-state index contributed by atoms with van der Waals surface area (Å²) in [7, 11) is 4.28. The Morgan fingerprint density at radius 1 is 1.00 bits per heavy atom. The number of rotatable bonds is 11. The minimum absolute atomic E-state index is 0. The molecular formula is C20H37IN4. The first-order valence-corrected chi connectivity index (χ1v) is 9.35. The molecule has 0 aliphatic carbocycles. The zero-order chi connectivity index (χ0) is 17.6. The van der Waals surface area contributed by atoms with E-state index in [0.717, 1.165) is 25.6 Å². The van der Waals surface area contributed by atoms with E-state index >= 15 is 0 Å². The molecule has 1 aromatic rings. The highest BCUT2D eigenvalue weighted by Gasteiger charge is 1.99. The summed E-state index contributed by atoms with van der Waals surface area (Å²) < 4.78 is 0. The Hall–Kier alpha value is -0.820. The second-order valence-electron chi connectivity index (χ2n) is 6.62. The summed E-state index contributed by atoms with van der Waals surface area (Å²) in [5.41, 5.74) is 2.59. The van der Waals surface area contributed by atoms with Crippen molar-refractivity contribution in [3.8, 4) is 0 Å². The van der Waals surface area contributed by atoms with E-state index in [1.165, 1.54) is 49.8 Å². The Kier molecular flexibility index (Phi) is 14.9. The first kappa shape index (κ1) is 24.2. The number of hydrogen-bond donors (Lipinski definition) is 2. The summed E-state index contributed by atoms with van der Waals surface area (Å²) >= 11 is 0. The van der Waals surface area contributed by atoms with E-state index in [4.69, 9.17) is 4.99 Å². The molecule has 0 amide bonds. The molecule has 0 aliphatic rings. The normalized spacial score (nSPS) is 11.3. The third-order valence-corrected chi connectivity index (χ3v) is 4.09. The van der Waals surface area contributed by atoms with Crippen LogP contribution in [0.5, 0.6) is 0 Å². The summed E-state index contributed by atoms with van der Waals surface area (Å²) in [6.45, 7) is 8.07. The van der Waals surface area contributed by atoms with Crippen LogP contribution in [0.2, 0.25) is 0 Å². The highest BCUT2D eigenvalue weighted by Crippen LogP contribution is 2.08. The van der Waals surface area contributed by atoms with Crippen LogP contribution >= 0.6 is 24.0 Å². The predicted octanol–water partition coefficient (Wildman–Crippen LogP) is 4.18. The lowest BCUT2D eigenvalue weighted by molar-refractivity contribution is 0.389. The molecule has 0 saturated carbocycles. The molecule has 0 fully saturated rings. The molecule has 0 atom stereocenters. The topological polar surface area (TPSA) is 39.7 Å². The molecule has 2 N–H and O–H groups in total. The number of halogens is 1. The molecule has 0 aliphatic heterocycles. The lowest BCUT2D eigenvalue weighted by atomic mass is 10.1. The Labute approximate surface area is 171 Å². The zero-order valence-electron chi connectivity index (χ0n) is 16.5. The number of nitrogens with zero attached hydrogens (tertiary/aromatic N) is 2. The first-order valence-electron chi connectivity index (χ1n) is 9.35. The standard InChI is InChI=1S/C20H36N4.HI/c1-5-21-20(23-17-19-14-10-9-13-18(19)2)22-15-11-7-6-8-12-16-24(3)4;/h9-10,13-14H,5-8,11-12,15-17H2,1-4H3,(H2,21,22,23);1H. The van der Waals surface area contributed by atoms with Gasteiger partial charge in [-0.15, -0.1) is 24.0 Å². The quantitative estimate of drug-likeness (QED) is 0.225. The van der Waals surface area contributed by atoms with E-state index in [0.29, 0.717) is 0 Å². The number of hydrogen-bond acceptors (Lipinski definition) is 2. The maximum Gasteiger partial charge on any atom is 0.191 e. The van der Waals surface area contributed by atoms with E-state index in [1.807, 2.05) is 0 Å². The molecule has 0 unspecified atom stereocenters. The molecule has 0 saturated heterocycles. The van der Waals surface area contributed by atoms with Crippen molar-refractivity contribution in [3.05, 3.63) is 35.4 Å². The summed E-state index contributed by atoms with van der Waals surface area (Å²) in [6, 6.07) is 8.44. The lowest BCUT2D eigenvalue weighted by Crippen LogP contribution is -2.37. The number of aryl methyl sites for hydroxylation is 1. The third-order valence-electron chi connectivity index (χ3n) is 4.09. The smallest absolute Gasteiger partial charge is 0.191 e. The Morgan fingerprint density at radius 2 is 1.68 bits per heavy atom. The van der Waals surface area contributed by atoms with Crippen molar-refractivity contribution in [2.45, 2.75) is 52.5 Å². The average Bonchev–Trinajstić information content (AvgIpc) is 2.56. The van der Waals surface area contributed by atoms with Crippen molar-refractivity contribution >= 4 is 29.9 Å². The second-order valence-corrected chi connectivity index (χ2v) is 6.62. The van der Waals surface area contributed by atoms with E-state index in [-0.39, 0.29) is 24.0 Å². The van der Waals surface area contributed by atoms with Crippen LogP contribution in [0.1, 0.15) is 50.2 Å². The molecule has 4 nitrogen and oxygen atoms in total. The van der Waals surface area contributed by atoms with Crippen molar-refractivity contribution in [2.75, 3.05) is 33.7 Å². The summed E-state index contributed by atoms with van der Waals surface area (Å²) in [4.78, 5) is 6.96. The van der Waals surface area contributed by atoms with Crippen LogP contribution in [0.3, 0.4) is 0 Å². The maximum atomic E-state index is 4.70. The van der Waals surface area contributed by atoms with Crippen molar-refractivity contribution in [1.29, 1.82) is 0 Å². The molecule has 144 valence electrons. The highest BCUT2D eigenvalue weighted by atomic mass is 127. The van der Waals surface area contributed by atoms with Gasteiger partial charge >= 0.3 is 0 Å². The van der Waals surface area contributed by atoms with Gasteiger partial charge in [-0.3, -0.25) is 0 Å². The molecule has 0 spiro atoms. The van der Waals surface area contributed by atoms with Crippen LogP contribution < -0.4 is 10.6 Å². The zero-order valence-corrected chi connectivity index (χ0v) is 18.8. The molecule has 0 radical (unpaired) electrons. The summed E-state index contributed by atoms with van der Waals surface area (Å²) in [5.74, 6) is 0.924. The van der Waals surface area contributed by atoms with Crippen LogP contribution in [0.4, 0.5) is 0 Å². The van der Waals surface area contributed by atoms with Gasteiger partial charge in [0.25, 0.3) is 0 Å². The van der Waals surface area contributed by atoms with Crippen molar-refractivity contribution < 1.29 is 0 Å². The Balaban J connectivity index is 0.00000576. The predicted molar refractivity (Wildman–Crippen MR) is 121 cm³/mol. The third kappa shape index (κ3) is 12.2. The van der Waals surface area contributed by atoms with Crippen LogP contribution in [-0.4, -0.2) is 44.6 Å². The molecular weight excluding hydrogens is 423 g/mol. The Bertz CT molecular complexity index is 475. The van der Waals surface area contributed by atoms with Crippen LogP contribution in [-0.2, 0) is 6.54 Å². The van der Waals surface area contributed by atoms with Crippen molar-refractivity contribution in [3.63, 3.8) is 0 Å². The van der Waals surface area contributed by atoms with Crippen molar-refractivity contribution in [1.82, 2.24) is 15.5 Å². The molecule has 0 bridgehead atoms. The molecule has 25 heavy (non-hydrogen) atoms. The Morgan fingerprint density at radius 3 is 2.36 bits per heavy atom. The molecule has 1 aromatic carbocycles. The van der Waals surface area contributed by atoms with E-state index < -0.39 is 0 Å². The van der Waals surface area contributed by atoms with Crippen molar-refractivity contribution in [2.24, 2.45) is 4.99 Å². The summed E-state index contributed by atoms with van der Waals surface area (Å²) in [6.07, 6.45) is 6.46. The maximum absolute atomic E-state index is 4.70. The van der Waals surface area contributed by atoms with Gasteiger partial charge in [-0.1, -0.05) is 43.5 Å². The summed E-state index contributed by atoms with van der Waals surface area (Å²) in [5, 5.41) is 6.78. The van der Waals surface area contributed by atoms with E-state index in [9.17, 15) is 0 Å². The van der Waals surface area contributed by atoms with Crippen LogP contribution in [0.15, 0.2) is 29.3 Å². The highest BCUT2D eigenvalue weighted by molar-refractivity contribution is 14.0. The molecule has 0 aromatic heterocycles. The number of unbranched alkanes of at least 4 members (excludes halogenated alkanes) is 4. The van der Waals surface area contributed by atoms with Crippen LogP contribution in [0, 0.1) is 6.92 Å². The first-order chi connectivity index (χ1) is 11.6. The van der Waals surface area contributed by atoms with E-state index in [2.05, 4.69) is 67.7 Å². The fourth-order valence-electron chi connectivity index (χ4n) is 2.58. The molecule has 5 heteroatoms. The largest absolute Gasteiger partial charge is 0.357 e. The number of nitrogens with one attached hydrogen (secondary N) is 2. The van der Waals surface area contributed by atoms with Gasteiger partial charge in [0.1, 0.15) is 0 Å². The van der Waals surface area contributed by atoms with Gasteiger partial charge in [-0.25, -0.2) is 4.99 Å². The molecule has 0 heterocycles. The SMILES string of the molecule is CCNC(=NCc1ccccc1C)NCCCCCCCN(C)C.I. The van der Waals surface area contributed by atoms with Gasteiger partial charge in [0.05, 0.1) is 6.54 Å². The van der Waals surface area contributed by atoms with Gasteiger partial charge in [-0.05, 0) is 58.5 Å². The average molecular weight is 460 g/mol. The van der Waals surface area contributed by atoms with Gasteiger partial charge in [0.2, 0.25) is 0 Å². The monoisotopic (exact) mass is 460 g/mol.